The van der Waals surface area contributed by atoms with Crippen LogP contribution in [0.1, 0.15) is 35.6 Å². The van der Waals surface area contributed by atoms with Crippen LogP contribution in [0.25, 0.3) is 5.69 Å². The molecule has 0 spiro atoms. The molecule has 0 N–H and O–H groups in total. The average molecular weight is 288 g/mol. The minimum absolute atomic E-state index is 0.344. The van der Waals surface area contributed by atoms with Gasteiger partial charge in [0.1, 0.15) is 5.75 Å². The number of esters is 1. The third kappa shape index (κ3) is 2.91. The van der Waals surface area contributed by atoms with Gasteiger partial charge in [-0.15, -0.1) is 0 Å². The normalized spacial score (nSPS) is 10.5. The van der Waals surface area contributed by atoms with E-state index in [0.29, 0.717) is 12.3 Å². The molecule has 0 aliphatic rings. The van der Waals surface area contributed by atoms with Crippen LogP contribution in [-0.4, -0.2) is 29.5 Å². The van der Waals surface area contributed by atoms with Gasteiger partial charge in [-0.05, 0) is 44.5 Å². The van der Waals surface area contributed by atoms with Gasteiger partial charge in [-0.2, -0.15) is 5.10 Å². The van der Waals surface area contributed by atoms with Gasteiger partial charge in [0, 0.05) is 11.3 Å². The fraction of sp³-hybridized carbons (Fsp3) is 0.375. The molecule has 0 aliphatic carbocycles. The standard InChI is InChI=1S/C16H20N2O3/c1-5-14-11(3)18(17-15(14)16(19)21-6-2)12-7-9-13(20-4)10-8-12/h7-10H,5-6H2,1-4H3. The molecule has 0 saturated heterocycles. The first-order valence-electron chi connectivity index (χ1n) is 7.02. The summed E-state index contributed by atoms with van der Waals surface area (Å²) >= 11 is 0. The van der Waals surface area contributed by atoms with Crippen molar-refractivity contribution in [3.8, 4) is 11.4 Å². The number of hydrogen-bond donors (Lipinski definition) is 0. The van der Waals surface area contributed by atoms with Crippen LogP contribution in [0.5, 0.6) is 5.75 Å². The van der Waals surface area contributed by atoms with Gasteiger partial charge in [-0.25, -0.2) is 9.48 Å². The van der Waals surface area contributed by atoms with Crippen molar-refractivity contribution in [3.63, 3.8) is 0 Å². The van der Waals surface area contributed by atoms with E-state index in [9.17, 15) is 4.79 Å². The molecule has 2 rings (SSSR count). The van der Waals surface area contributed by atoms with Crippen molar-refractivity contribution in [3.05, 3.63) is 41.2 Å². The van der Waals surface area contributed by atoms with Gasteiger partial charge < -0.3 is 9.47 Å². The van der Waals surface area contributed by atoms with Crippen LogP contribution in [0.2, 0.25) is 0 Å². The maximum Gasteiger partial charge on any atom is 0.359 e. The number of hydrogen-bond acceptors (Lipinski definition) is 4. The minimum atomic E-state index is -0.371. The second-order valence-corrected chi connectivity index (χ2v) is 4.60. The number of carbonyl (C=O) groups excluding carboxylic acids is 1. The fourth-order valence-electron chi connectivity index (χ4n) is 2.30. The molecule has 0 atom stereocenters. The van der Waals surface area contributed by atoms with E-state index in [1.807, 2.05) is 38.1 Å². The zero-order chi connectivity index (χ0) is 15.4. The van der Waals surface area contributed by atoms with E-state index >= 15 is 0 Å². The van der Waals surface area contributed by atoms with Crippen LogP contribution < -0.4 is 4.74 Å². The molecule has 1 heterocycles. The Kier molecular flexibility index (Phi) is 4.62. The molecule has 5 heteroatoms. The number of methoxy groups -OCH3 is 1. The van der Waals surface area contributed by atoms with Crippen molar-refractivity contribution < 1.29 is 14.3 Å². The van der Waals surface area contributed by atoms with E-state index in [4.69, 9.17) is 9.47 Å². The molecule has 2 aromatic rings. The summed E-state index contributed by atoms with van der Waals surface area (Å²) in [5.41, 5.74) is 3.15. The van der Waals surface area contributed by atoms with E-state index in [1.165, 1.54) is 0 Å². The predicted molar refractivity (Wildman–Crippen MR) is 80.2 cm³/mol. The second-order valence-electron chi connectivity index (χ2n) is 4.60. The molecular weight excluding hydrogens is 268 g/mol. The van der Waals surface area contributed by atoms with Crippen LogP contribution in [0.3, 0.4) is 0 Å². The largest absolute Gasteiger partial charge is 0.497 e. The first-order valence-corrected chi connectivity index (χ1v) is 7.02. The smallest absolute Gasteiger partial charge is 0.359 e. The third-order valence-corrected chi connectivity index (χ3v) is 3.38. The molecule has 0 saturated carbocycles. The van der Waals surface area contributed by atoms with Crippen LogP contribution in [0, 0.1) is 6.92 Å². The Morgan fingerprint density at radius 2 is 1.90 bits per heavy atom. The molecular formula is C16H20N2O3. The molecule has 1 aromatic carbocycles. The molecule has 0 bridgehead atoms. The summed E-state index contributed by atoms with van der Waals surface area (Å²) in [5, 5.41) is 4.43. The van der Waals surface area contributed by atoms with Gasteiger partial charge in [0.15, 0.2) is 5.69 Å². The van der Waals surface area contributed by atoms with Gasteiger partial charge in [0.25, 0.3) is 0 Å². The number of benzene rings is 1. The number of aromatic nitrogens is 2. The van der Waals surface area contributed by atoms with E-state index < -0.39 is 0 Å². The number of carbonyl (C=O) groups is 1. The topological polar surface area (TPSA) is 53.3 Å². The minimum Gasteiger partial charge on any atom is -0.497 e. The Balaban J connectivity index is 2.46. The summed E-state index contributed by atoms with van der Waals surface area (Å²) in [6.45, 7) is 6.09. The lowest BCUT2D eigenvalue weighted by Gasteiger charge is -2.06. The summed E-state index contributed by atoms with van der Waals surface area (Å²) in [5.74, 6) is 0.412. The lowest BCUT2D eigenvalue weighted by Crippen LogP contribution is -2.08. The molecule has 0 radical (unpaired) electrons. The maximum absolute atomic E-state index is 12.0. The third-order valence-electron chi connectivity index (χ3n) is 3.38. The van der Waals surface area contributed by atoms with Crippen molar-refractivity contribution >= 4 is 5.97 Å². The van der Waals surface area contributed by atoms with Crippen molar-refractivity contribution in [2.24, 2.45) is 0 Å². The van der Waals surface area contributed by atoms with Crippen molar-refractivity contribution in [1.82, 2.24) is 9.78 Å². The highest BCUT2D eigenvalue weighted by Gasteiger charge is 2.21. The SMILES string of the molecule is CCOC(=O)c1nn(-c2ccc(OC)cc2)c(C)c1CC. The van der Waals surface area contributed by atoms with E-state index in [1.54, 1.807) is 18.7 Å². The molecule has 1 aromatic heterocycles. The summed E-state index contributed by atoms with van der Waals surface area (Å²) in [6, 6.07) is 7.55. The number of ether oxygens (including phenoxy) is 2. The second kappa shape index (κ2) is 6.43. The Hall–Kier alpha value is -2.30. The van der Waals surface area contributed by atoms with E-state index in [2.05, 4.69) is 5.10 Å². The van der Waals surface area contributed by atoms with Crippen LogP contribution >= 0.6 is 0 Å². The highest BCUT2D eigenvalue weighted by Crippen LogP contribution is 2.21. The Labute approximate surface area is 124 Å². The number of rotatable bonds is 5. The first-order chi connectivity index (χ1) is 10.1. The molecule has 21 heavy (non-hydrogen) atoms. The molecule has 0 unspecified atom stereocenters. The van der Waals surface area contributed by atoms with Crippen molar-refractivity contribution in [1.29, 1.82) is 0 Å². The van der Waals surface area contributed by atoms with Gasteiger partial charge >= 0.3 is 5.97 Å². The van der Waals surface area contributed by atoms with Gasteiger partial charge in [0.05, 0.1) is 19.4 Å². The maximum atomic E-state index is 12.0. The zero-order valence-electron chi connectivity index (χ0n) is 12.8. The van der Waals surface area contributed by atoms with Crippen LogP contribution in [0.4, 0.5) is 0 Å². The lowest BCUT2D eigenvalue weighted by atomic mass is 10.1. The average Bonchev–Trinajstić information content (AvgIpc) is 2.84. The highest BCUT2D eigenvalue weighted by molar-refractivity contribution is 5.89. The summed E-state index contributed by atoms with van der Waals surface area (Å²) in [4.78, 5) is 12.0. The van der Waals surface area contributed by atoms with E-state index in [0.717, 1.165) is 29.1 Å². The lowest BCUT2D eigenvalue weighted by molar-refractivity contribution is 0.0517. The Morgan fingerprint density at radius 1 is 1.24 bits per heavy atom. The monoisotopic (exact) mass is 288 g/mol. The molecule has 0 amide bonds. The molecule has 5 nitrogen and oxygen atoms in total. The summed E-state index contributed by atoms with van der Waals surface area (Å²) < 4.78 is 12.0. The molecule has 112 valence electrons. The summed E-state index contributed by atoms with van der Waals surface area (Å²) in [6.07, 6.45) is 0.732. The van der Waals surface area contributed by atoms with Crippen LogP contribution in [-0.2, 0) is 11.2 Å². The van der Waals surface area contributed by atoms with Gasteiger partial charge in [-0.3, -0.25) is 0 Å². The molecule has 0 fully saturated rings. The fourth-order valence-corrected chi connectivity index (χ4v) is 2.30. The highest BCUT2D eigenvalue weighted by atomic mass is 16.5. The van der Waals surface area contributed by atoms with Crippen molar-refractivity contribution in [2.45, 2.75) is 27.2 Å². The molecule has 0 aliphatic heterocycles. The van der Waals surface area contributed by atoms with E-state index in [-0.39, 0.29) is 5.97 Å². The Morgan fingerprint density at radius 3 is 2.43 bits per heavy atom. The number of nitrogens with zero attached hydrogens (tertiary/aromatic N) is 2. The predicted octanol–water partition coefficient (Wildman–Crippen LogP) is 2.93. The Bertz CT molecular complexity index is 630. The van der Waals surface area contributed by atoms with Crippen molar-refractivity contribution in [2.75, 3.05) is 13.7 Å². The van der Waals surface area contributed by atoms with Gasteiger partial charge in [0.2, 0.25) is 0 Å². The quantitative estimate of drug-likeness (QED) is 0.794. The first kappa shape index (κ1) is 15.1. The zero-order valence-corrected chi connectivity index (χ0v) is 12.8. The van der Waals surface area contributed by atoms with Crippen LogP contribution in [0.15, 0.2) is 24.3 Å². The summed E-state index contributed by atoms with van der Waals surface area (Å²) in [7, 11) is 1.63. The van der Waals surface area contributed by atoms with Gasteiger partial charge in [-0.1, -0.05) is 6.92 Å².